The predicted octanol–water partition coefficient (Wildman–Crippen LogP) is 0.233. The van der Waals surface area contributed by atoms with Crippen LogP contribution in [0, 0.1) is 0 Å². The van der Waals surface area contributed by atoms with E-state index in [0.717, 1.165) is 19.4 Å². The molecule has 0 bridgehead atoms. The molecule has 1 rings (SSSR count). The van der Waals surface area contributed by atoms with Crippen LogP contribution < -0.4 is 5.48 Å². The Bertz CT molecular complexity index is 132. The van der Waals surface area contributed by atoms with Gasteiger partial charge in [0, 0.05) is 6.54 Å². The maximum Gasteiger partial charge on any atom is 0.337 e. The van der Waals surface area contributed by atoms with E-state index in [4.69, 9.17) is 9.57 Å². The molecule has 1 aliphatic rings. The summed E-state index contributed by atoms with van der Waals surface area (Å²) in [6.07, 6.45) is 1.32. The predicted molar refractivity (Wildman–Crippen MR) is 38.7 cm³/mol. The molecule has 0 saturated carbocycles. The molecule has 0 radical (unpaired) electrons. The lowest BCUT2D eigenvalue weighted by Gasteiger charge is -2.20. The second-order valence-corrected chi connectivity index (χ2v) is 2.40. The molecule has 0 aromatic carbocycles. The van der Waals surface area contributed by atoms with Crippen molar-refractivity contribution in [2.24, 2.45) is 0 Å². The molecular formula is C7H13NO3. The summed E-state index contributed by atoms with van der Waals surface area (Å²) in [5, 5.41) is 0. The highest BCUT2D eigenvalue weighted by Crippen LogP contribution is 2.07. The van der Waals surface area contributed by atoms with Gasteiger partial charge in [0.2, 0.25) is 0 Å². The fourth-order valence-electron chi connectivity index (χ4n) is 0.979. The van der Waals surface area contributed by atoms with Crippen LogP contribution in [-0.4, -0.2) is 25.2 Å². The Hall–Kier alpha value is -0.610. The first-order valence-corrected chi connectivity index (χ1v) is 3.89. The van der Waals surface area contributed by atoms with Crippen LogP contribution >= 0.6 is 0 Å². The zero-order chi connectivity index (χ0) is 8.10. The van der Waals surface area contributed by atoms with Crippen LogP contribution in [0.4, 0.5) is 0 Å². The molecule has 1 heterocycles. The minimum absolute atomic E-state index is 0.264. The number of ether oxygens (including phenoxy) is 1. The first-order valence-electron chi connectivity index (χ1n) is 3.89. The van der Waals surface area contributed by atoms with E-state index >= 15 is 0 Å². The van der Waals surface area contributed by atoms with Gasteiger partial charge in [-0.05, 0) is 19.8 Å². The van der Waals surface area contributed by atoms with Crippen molar-refractivity contribution in [3.05, 3.63) is 0 Å². The van der Waals surface area contributed by atoms with Crippen molar-refractivity contribution >= 4 is 5.97 Å². The van der Waals surface area contributed by atoms with Crippen molar-refractivity contribution in [3.8, 4) is 0 Å². The Labute approximate surface area is 65.8 Å². The Kier molecular flexibility index (Phi) is 3.32. The summed E-state index contributed by atoms with van der Waals surface area (Å²) in [4.78, 5) is 16.0. The van der Waals surface area contributed by atoms with Crippen molar-refractivity contribution in [2.45, 2.75) is 25.9 Å². The monoisotopic (exact) mass is 159 g/mol. The lowest BCUT2D eigenvalue weighted by atomic mass is 10.2. The number of rotatable bonds is 2. The molecule has 1 saturated heterocycles. The quantitative estimate of drug-likeness (QED) is 0.586. The Morgan fingerprint density at radius 3 is 3.18 bits per heavy atom. The van der Waals surface area contributed by atoms with Gasteiger partial charge in [-0.25, -0.2) is 10.3 Å². The molecule has 1 atom stereocenters. The summed E-state index contributed by atoms with van der Waals surface area (Å²) in [5.74, 6) is -0.264. The molecule has 0 amide bonds. The standard InChI is InChI=1S/C7H13NO3/c1-2-10-7(9)6-4-3-5-8-11-6/h6,8H,2-5H2,1H3. The van der Waals surface area contributed by atoms with Crippen molar-refractivity contribution in [1.29, 1.82) is 0 Å². The number of hydrogen-bond donors (Lipinski definition) is 1. The van der Waals surface area contributed by atoms with Gasteiger partial charge in [-0.1, -0.05) is 0 Å². The van der Waals surface area contributed by atoms with Gasteiger partial charge in [0.15, 0.2) is 6.10 Å². The second kappa shape index (κ2) is 4.31. The fraction of sp³-hybridized carbons (Fsp3) is 0.857. The molecule has 11 heavy (non-hydrogen) atoms. The molecule has 4 heteroatoms. The van der Waals surface area contributed by atoms with Gasteiger partial charge in [-0.15, -0.1) is 0 Å². The molecule has 4 nitrogen and oxygen atoms in total. The van der Waals surface area contributed by atoms with Gasteiger partial charge < -0.3 is 4.74 Å². The van der Waals surface area contributed by atoms with Crippen molar-refractivity contribution in [1.82, 2.24) is 5.48 Å². The molecule has 1 unspecified atom stereocenters. The van der Waals surface area contributed by atoms with Gasteiger partial charge >= 0.3 is 5.97 Å². The number of hydrogen-bond acceptors (Lipinski definition) is 4. The third-order valence-electron chi connectivity index (χ3n) is 1.52. The topological polar surface area (TPSA) is 47.6 Å². The Morgan fingerprint density at radius 1 is 1.82 bits per heavy atom. The first kappa shape index (κ1) is 8.49. The highest BCUT2D eigenvalue weighted by molar-refractivity contribution is 5.74. The van der Waals surface area contributed by atoms with E-state index in [-0.39, 0.29) is 5.97 Å². The minimum Gasteiger partial charge on any atom is -0.464 e. The summed E-state index contributed by atoms with van der Waals surface area (Å²) >= 11 is 0. The second-order valence-electron chi connectivity index (χ2n) is 2.40. The Balaban J connectivity index is 2.27. The number of esters is 1. The number of carbonyl (C=O) groups is 1. The Morgan fingerprint density at radius 2 is 2.64 bits per heavy atom. The van der Waals surface area contributed by atoms with Crippen LogP contribution in [0.2, 0.25) is 0 Å². The number of carbonyl (C=O) groups excluding carboxylic acids is 1. The molecule has 0 aliphatic carbocycles. The van der Waals surface area contributed by atoms with Gasteiger partial charge in [0.25, 0.3) is 0 Å². The minimum atomic E-state index is -0.399. The summed E-state index contributed by atoms with van der Waals surface area (Å²) in [5.41, 5.74) is 2.67. The van der Waals surface area contributed by atoms with E-state index in [1.165, 1.54) is 0 Å². The van der Waals surface area contributed by atoms with Crippen LogP contribution in [0.1, 0.15) is 19.8 Å². The fourth-order valence-corrected chi connectivity index (χ4v) is 0.979. The van der Waals surface area contributed by atoms with Crippen LogP contribution in [0.3, 0.4) is 0 Å². The van der Waals surface area contributed by atoms with E-state index in [2.05, 4.69) is 5.48 Å². The van der Waals surface area contributed by atoms with Crippen LogP contribution in [0.15, 0.2) is 0 Å². The molecular weight excluding hydrogens is 146 g/mol. The molecule has 0 spiro atoms. The lowest BCUT2D eigenvalue weighted by molar-refractivity contribution is -0.166. The van der Waals surface area contributed by atoms with Crippen molar-refractivity contribution in [3.63, 3.8) is 0 Å². The summed E-state index contributed by atoms with van der Waals surface area (Å²) in [7, 11) is 0. The lowest BCUT2D eigenvalue weighted by Crippen LogP contribution is -2.37. The molecule has 1 N–H and O–H groups in total. The van der Waals surface area contributed by atoms with E-state index in [9.17, 15) is 4.79 Å². The summed E-state index contributed by atoms with van der Waals surface area (Å²) in [6.45, 7) is 3.02. The molecule has 0 aromatic rings. The normalized spacial score (nSPS) is 24.6. The zero-order valence-electron chi connectivity index (χ0n) is 6.63. The van der Waals surface area contributed by atoms with Crippen molar-refractivity contribution in [2.75, 3.05) is 13.2 Å². The maximum atomic E-state index is 11.0. The van der Waals surface area contributed by atoms with E-state index < -0.39 is 6.10 Å². The summed E-state index contributed by atoms with van der Waals surface area (Å²) < 4.78 is 4.78. The average molecular weight is 159 g/mol. The number of hydroxylamine groups is 1. The third-order valence-corrected chi connectivity index (χ3v) is 1.52. The van der Waals surface area contributed by atoms with Crippen LogP contribution in [0.25, 0.3) is 0 Å². The molecule has 1 fully saturated rings. The van der Waals surface area contributed by atoms with E-state index in [1.807, 2.05) is 0 Å². The van der Waals surface area contributed by atoms with Crippen LogP contribution in [0.5, 0.6) is 0 Å². The first-order chi connectivity index (χ1) is 5.34. The largest absolute Gasteiger partial charge is 0.464 e. The highest BCUT2D eigenvalue weighted by atomic mass is 16.7. The van der Waals surface area contributed by atoms with Crippen molar-refractivity contribution < 1.29 is 14.4 Å². The summed E-state index contributed by atoms with van der Waals surface area (Å²) in [6, 6.07) is 0. The highest BCUT2D eigenvalue weighted by Gasteiger charge is 2.22. The van der Waals surface area contributed by atoms with E-state index in [1.54, 1.807) is 6.92 Å². The zero-order valence-corrected chi connectivity index (χ0v) is 6.63. The van der Waals surface area contributed by atoms with Gasteiger partial charge in [0.05, 0.1) is 6.61 Å². The molecule has 0 aromatic heterocycles. The third kappa shape index (κ3) is 2.48. The van der Waals surface area contributed by atoms with Gasteiger partial charge in [0.1, 0.15) is 0 Å². The van der Waals surface area contributed by atoms with Gasteiger partial charge in [-0.3, -0.25) is 4.84 Å². The smallest absolute Gasteiger partial charge is 0.337 e. The SMILES string of the molecule is CCOC(=O)C1CCCNO1. The molecule has 1 aliphatic heterocycles. The van der Waals surface area contributed by atoms with Gasteiger partial charge in [-0.2, -0.15) is 0 Å². The number of nitrogens with one attached hydrogen (secondary N) is 1. The van der Waals surface area contributed by atoms with E-state index in [0.29, 0.717) is 6.61 Å². The average Bonchev–Trinajstić information content (AvgIpc) is 2.07. The maximum absolute atomic E-state index is 11.0. The molecule has 64 valence electrons. The van der Waals surface area contributed by atoms with Crippen LogP contribution in [-0.2, 0) is 14.4 Å².